The Morgan fingerprint density at radius 3 is 1.54 bits per heavy atom. The molecule has 147 valence electrons. The van der Waals surface area contributed by atoms with E-state index in [1.807, 2.05) is 0 Å². The molecule has 6 heteroatoms. The summed E-state index contributed by atoms with van der Waals surface area (Å²) in [6.07, 6.45) is 16.0. The van der Waals surface area contributed by atoms with E-state index in [0.717, 1.165) is 19.0 Å². The fourth-order valence-corrected chi connectivity index (χ4v) is 3.64. The third-order valence-corrected chi connectivity index (χ3v) is 5.44. The van der Waals surface area contributed by atoms with Crippen molar-refractivity contribution in [2.24, 2.45) is 5.92 Å². The molecule has 1 saturated heterocycles. The van der Waals surface area contributed by atoms with Gasteiger partial charge in [-0.2, -0.15) is 0 Å². The molecule has 0 saturated carbocycles. The van der Waals surface area contributed by atoms with E-state index >= 15 is 0 Å². The zero-order valence-corrected chi connectivity index (χ0v) is 18.3. The van der Waals surface area contributed by atoms with Crippen LogP contribution in [0.25, 0.3) is 0 Å². The molecule has 0 N–H and O–H groups in total. The molecule has 26 heavy (non-hydrogen) atoms. The molecule has 0 aromatic heterocycles. The fraction of sp³-hybridized carbons (Fsp3) is 1.00. The van der Waals surface area contributed by atoms with E-state index in [9.17, 15) is 0 Å². The Balaban J connectivity index is 2.48. The number of hydrogen-bond acceptors (Lipinski definition) is 3. The lowest BCUT2D eigenvalue weighted by molar-refractivity contribution is 0.368. The lowest BCUT2D eigenvalue weighted by Gasteiger charge is -2.41. The van der Waals surface area contributed by atoms with Gasteiger partial charge in [-0.15, -0.1) is 0 Å². The molecule has 1 fully saturated rings. The highest BCUT2D eigenvalue weighted by molar-refractivity contribution is 6.64. The summed E-state index contributed by atoms with van der Waals surface area (Å²) in [5, 5.41) is 0. The highest BCUT2D eigenvalue weighted by Crippen LogP contribution is 2.16. The Kier molecular flexibility index (Phi) is 14.9. The summed E-state index contributed by atoms with van der Waals surface area (Å²) < 4.78 is 7.33. The Hall–Kier alpha value is 0.0748. The van der Waals surface area contributed by atoms with Crippen LogP contribution in [0, 0.1) is 5.92 Å². The van der Waals surface area contributed by atoms with Gasteiger partial charge in [0.1, 0.15) is 0 Å². The second kappa shape index (κ2) is 16.1. The summed E-state index contributed by atoms with van der Waals surface area (Å²) in [5.74, 6) is 0.810. The predicted octanol–water partition coefficient (Wildman–Crippen LogP) is 4.89. The maximum absolute atomic E-state index is 2.46. The quantitative estimate of drug-likeness (QED) is 0.288. The van der Waals surface area contributed by atoms with Gasteiger partial charge >= 0.3 is 0 Å². The molecule has 0 bridgehead atoms. The molecule has 1 atom stereocenters. The van der Waals surface area contributed by atoms with Gasteiger partial charge in [0, 0.05) is 0 Å². The van der Waals surface area contributed by atoms with Crippen molar-refractivity contribution in [3.8, 4) is 0 Å². The van der Waals surface area contributed by atoms with Gasteiger partial charge in [-0.1, -0.05) is 85.5 Å². The van der Waals surface area contributed by atoms with Crippen molar-refractivity contribution < 1.29 is 0 Å². The van der Waals surface area contributed by atoms with Crippen LogP contribution in [0.4, 0.5) is 0 Å². The Labute approximate surface area is 167 Å². The smallest absolute Gasteiger partial charge is 0.290 e. The summed E-state index contributed by atoms with van der Waals surface area (Å²) in [5.41, 5.74) is 0. The second-order valence-electron chi connectivity index (χ2n) is 8.06. The maximum atomic E-state index is 2.46. The van der Waals surface area contributed by atoms with Crippen molar-refractivity contribution in [1.82, 2.24) is 14.2 Å². The first kappa shape index (κ1) is 24.1. The molecule has 1 aliphatic rings. The summed E-state index contributed by atoms with van der Waals surface area (Å²) in [6.45, 7) is 12.7. The van der Waals surface area contributed by atoms with Gasteiger partial charge < -0.3 is 14.2 Å². The van der Waals surface area contributed by atoms with Crippen molar-refractivity contribution in [2.45, 2.75) is 105 Å². The van der Waals surface area contributed by atoms with Crippen LogP contribution in [-0.2, 0) is 0 Å². The van der Waals surface area contributed by atoms with Crippen LogP contribution in [0.5, 0.6) is 0 Å². The van der Waals surface area contributed by atoms with Crippen molar-refractivity contribution in [3.63, 3.8) is 0 Å². The first-order valence-electron chi connectivity index (χ1n) is 11.6. The third kappa shape index (κ3) is 11.0. The van der Waals surface area contributed by atoms with Gasteiger partial charge in [-0.25, -0.2) is 0 Å². The van der Waals surface area contributed by atoms with E-state index in [0.29, 0.717) is 0 Å². The molecule has 0 aromatic carbocycles. The van der Waals surface area contributed by atoms with Gasteiger partial charge in [-0.05, 0) is 44.8 Å². The zero-order chi connectivity index (χ0) is 19.0. The highest BCUT2D eigenvalue weighted by atomic mass is 15.3. The molecular formula is C20H43B3N3. The van der Waals surface area contributed by atoms with E-state index in [1.54, 1.807) is 0 Å². The third-order valence-electron chi connectivity index (χ3n) is 5.44. The minimum atomic E-state index is 0.810. The van der Waals surface area contributed by atoms with E-state index in [4.69, 9.17) is 0 Å². The van der Waals surface area contributed by atoms with Gasteiger partial charge in [0.15, 0.2) is 0 Å². The largest absolute Gasteiger partial charge is 0.365 e. The van der Waals surface area contributed by atoms with Crippen LogP contribution >= 0.6 is 0 Å². The topological polar surface area (TPSA) is 9.72 Å². The fourth-order valence-electron chi connectivity index (χ4n) is 3.64. The number of hydrogen-bond donors (Lipinski definition) is 0. The zero-order valence-electron chi connectivity index (χ0n) is 18.3. The van der Waals surface area contributed by atoms with Crippen LogP contribution in [0.2, 0.25) is 0 Å². The molecule has 0 amide bonds. The molecule has 1 unspecified atom stereocenters. The number of unbranched alkanes of at least 4 members (excludes halogenated alkanes) is 7. The van der Waals surface area contributed by atoms with Crippen LogP contribution in [-0.4, -0.2) is 56.4 Å². The molecule has 0 aromatic rings. The molecule has 3 nitrogen and oxygen atoms in total. The molecule has 0 spiro atoms. The average Bonchev–Trinajstić information content (AvgIpc) is 2.65. The van der Waals surface area contributed by atoms with Crippen LogP contribution in [0.15, 0.2) is 0 Å². The summed E-state index contributed by atoms with van der Waals surface area (Å²) >= 11 is 0. The first-order chi connectivity index (χ1) is 12.7. The van der Waals surface area contributed by atoms with E-state index in [1.165, 1.54) is 83.6 Å². The lowest BCUT2D eigenvalue weighted by atomic mass is 9.72. The summed E-state index contributed by atoms with van der Waals surface area (Å²) in [6, 6.07) is 0. The predicted molar refractivity (Wildman–Crippen MR) is 119 cm³/mol. The average molecular weight is 358 g/mol. The van der Waals surface area contributed by atoms with Crippen molar-refractivity contribution in [3.05, 3.63) is 0 Å². The first-order valence-corrected chi connectivity index (χ1v) is 11.6. The summed E-state index contributed by atoms with van der Waals surface area (Å²) in [4.78, 5) is 0. The van der Waals surface area contributed by atoms with Crippen LogP contribution in [0.1, 0.15) is 105 Å². The molecule has 1 heterocycles. The molecule has 0 aliphatic carbocycles. The monoisotopic (exact) mass is 358 g/mol. The lowest BCUT2D eigenvalue weighted by Crippen LogP contribution is -2.62. The Morgan fingerprint density at radius 1 is 0.577 bits per heavy atom. The second-order valence-corrected chi connectivity index (χ2v) is 8.06. The Morgan fingerprint density at radius 2 is 1.08 bits per heavy atom. The van der Waals surface area contributed by atoms with E-state index < -0.39 is 0 Å². The number of nitrogens with zero attached hydrogens (tertiary/aromatic N) is 3. The number of rotatable bonds is 16. The Bertz CT molecular complexity index is 301. The van der Waals surface area contributed by atoms with Crippen molar-refractivity contribution in [2.75, 3.05) is 19.6 Å². The minimum absolute atomic E-state index is 0.810. The van der Waals surface area contributed by atoms with Crippen LogP contribution < -0.4 is 0 Å². The normalized spacial score (nSPS) is 17.5. The molecule has 3 radical (unpaired) electrons. The molecule has 1 rings (SSSR count). The molecule has 1 aliphatic heterocycles. The van der Waals surface area contributed by atoms with Crippen molar-refractivity contribution in [1.29, 1.82) is 0 Å². The standard InChI is InChI=1S/C20H43B3N3/c1-5-9-12-14-17-24-21-25(18-15-13-10-6-2)23-26(22-24)19-20(8-4)16-11-7-3/h20H,5-19H2,1-4H3. The van der Waals surface area contributed by atoms with Gasteiger partial charge in [0.05, 0.1) is 0 Å². The van der Waals surface area contributed by atoms with E-state index in [2.05, 4.69) is 64.5 Å². The van der Waals surface area contributed by atoms with Crippen LogP contribution in [0.3, 0.4) is 0 Å². The van der Waals surface area contributed by atoms with Gasteiger partial charge in [-0.3, -0.25) is 0 Å². The minimum Gasteiger partial charge on any atom is -0.365 e. The highest BCUT2D eigenvalue weighted by Gasteiger charge is 2.28. The molecular weight excluding hydrogens is 315 g/mol. The van der Waals surface area contributed by atoms with Crippen molar-refractivity contribution >= 4 is 22.6 Å². The summed E-state index contributed by atoms with van der Waals surface area (Å²) in [7, 11) is 7.04. The van der Waals surface area contributed by atoms with E-state index in [-0.39, 0.29) is 0 Å². The van der Waals surface area contributed by atoms with Gasteiger partial charge in [0.25, 0.3) is 22.6 Å². The van der Waals surface area contributed by atoms with Gasteiger partial charge in [0.2, 0.25) is 0 Å². The SMILES string of the molecule is CCCCCCN1[B]N(CCCCCC)[B]N(CC(CC)CCCC)[B]1. The maximum Gasteiger partial charge on any atom is 0.290 e.